The van der Waals surface area contributed by atoms with Gasteiger partial charge in [0, 0.05) is 11.2 Å². The second-order valence-corrected chi connectivity index (χ2v) is 6.80. The fourth-order valence-electron chi connectivity index (χ4n) is 1.93. The highest BCUT2D eigenvalue weighted by atomic mass is 32.2. The van der Waals surface area contributed by atoms with Crippen molar-refractivity contribution < 1.29 is 4.21 Å². The Morgan fingerprint density at radius 3 is 2.60 bits per heavy atom. The van der Waals surface area contributed by atoms with Crippen LogP contribution in [0.5, 0.6) is 0 Å². The molecule has 1 unspecified atom stereocenters. The number of rotatable bonds is 3. The van der Waals surface area contributed by atoms with E-state index in [0.29, 0.717) is 0 Å². The van der Waals surface area contributed by atoms with Crippen molar-refractivity contribution in [3.05, 3.63) is 54.6 Å². The zero-order valence-electron chi connectivity index (χ0n) is 11.0. The molecular formula is C14H14N4OS. The van der Waals surface area contributed by atoms with Gasteiger partial charge in [-0.2, -0.15) is 0 Å². The third-order valence-corrected chi connectivity index (χ3v) is 4.79. The van der Waals surface area contributed by atoms with Crippen LogP contribution >= 0.6 is 0 Å². The standard InChI is InChI=1S/C14H14N4OS/c1-20(19,12-7-3-2-4-8-12)15-11-18-14-10-6-5-9-13(14)16-17-18/h2-10H,11H2,1H3. The molecule has 20 heavy (non-hydrogen) atoms. The number of hydrogen-bond acceptors (Lipinski definition) is 4. The molecule has 0 bridgehead atoms. The highest BCUT2D eigenvalue weighted by molar-refractivity contribution is 7.93. The predicted octanol–water partition coefficient (Wildman–Crippen LogP) is 2.55. The quantitative estimate of drug-likeness (QED) is 0.743. The zero-order chi connectivity index (χ0) is 14.0. The van der Waals surface area contributed by atoms with Crippen molar-refractivity contribution in [3.8, 4) is 0 Å². The van der Waals surface area contributed by atoms with E-state index in [-0.39, 0.29) is 6.67 Å². The van der Waals surface area contributed by atoms with Crippen LogP contribution in [0.15, 0.2) is 63.9 Å². The van der Waals surface area contributed by atoms with Gasteiger partial charge in [0.15, 0.2) is 0 Å². The maximum atomic E-state index is 12.6. The summed E-state index contributed by atoms with van der Waals surface area (Å²) >= 11 is 0. The van der Waals surface area contributed by atoms with E-state index in [0.717, 1.165) is 15.9 Å². The first-order chi connectivity index (χ1) is 9.67. The van der Waals surface area contributed by atoms with E-state index in [1.807, 2.05) is 54.6 Å². The van der Waals surface area contributed by atoms with E-state index < -0.39 is 9.73 Å². The molecule has 3 rings (SSSR count). The van der Waals surface area contributed by atoms with Crippen molar-refractivity contribution in [2.45, 2.75) is 11.6 Å². The third kappa shape index (κ3) is 2.42. The van der Waals surface area contributed by atoms with E-state index in [4.69, 9.17) is 0 Å². The van der Waals surface area contributed by atoms with E-state index in [2.05, 4.69) is 14.7 Å². The smallest absolute Gasteiger partial charge is 0.143 e. The molecule has 0 saturated heterocycles. The molecule has 0 N–H and O–H groups in total. The average molecular weight is 286 g/mol. The Bertz CT molecular complexity index is 848. The van der Waals surface area contributed by atoms with E-state index in [1.54, 1.807) is 10.9 Å². The topological polar surface area (TPSA) is 60.1 Å². The van der Waals surface area contributed by atoms with Crippen molar-refractivity contribution >= 4 is 20.8 Å². The minimum Gasteiger partial charge on any atom is -0.245 e. The minimum absolute atomic E-state index is 0.227. The molecular weight excluding hydrogens is 272 g/mol. The Morgan fingerprint density at radius 1 is 1.10 bits per heavy atom. The number of benzene rings is 2. The van der Waals surface area contributed by atoms with Gasteiger partial charge in [0.2, 0.25) is 0 Å². The fraction of sp³-hybridized carbons (Fsp3) is 0.143. The summed E-state index contributed by atoms with van der Waals surface area (Å²) in [5.74, 6) is 0. The number of aromatic nitrogens is 3. The molecule has 0 aliphatic rings. The van der Waals surface area contributed by atoms with E-state index in [1.165, 1.54) is 0 Å². The van der Waals surface area contributed by atoms with Crippen LogP contribution in [0, 0.1) is 0 Å². The number of para-hydroxylation sites is 1. The van der Waals surface area contributed by atoms with Crippen molar-refractivity contribution in [3.63, 3.8) is 0 Å². The zero-order valence-corrected chi connectivity index (χ0v) is 11.8. The van der Waals surface area contributed by atoms with Gasteiger partial charge in [-0.05, 0) is 24.3 Å². The van der Waals surface area contributed by atoms with Crippen molar-refractivity contribution in [1.82, 2.24) is 15.0 Å². The van der Waals surface area contributed by atoms with Gasteiger partial charge in [-0.15, -0.1) is 5.10 Å². The second kappa shape index (κ2) is 5.05. The Balaban J connectivity index is 1.96. The molecule has 2 aromatic carbocycles. The first-order valence-corrected chi connectivity index (χ1v) is 8.10. The summed E-state index contributed by atoms with van der Waals surface area (Å²) in [6.45, 7) is 0.227. The molecule has 0 radical (unpaired) electrons. The van der Waals surface area contributed by atoms with E-state index >= 15 is 0 Å². The van der Waals surface area contributed by atoms with Crippen LogP contribution < -0.4 is 0 Å². The van der Waals surface area contributed by atoms with Gasteiger partial charge in [0.1, 0.15) is 12.2 Å². The normalized spacial score (nSPS) is 14.1. The molecule has 6 heteroatoms. The Hall–Kier alpha value is -2.21. The summed E-state index contributed by atoms with van der Waals surface area (Å²) < 4.78 is 18.6. The summed E-state index contributed by atoms with van der Waals surface area (Å²) in [6, 6.07) is 16.9. The van der Waals surface area contributed by atoms with Crippen LogP contribution in [0.4, 0.5) is 0 Å². The molecule has 0 saturated carbocycles. The van der Waals surface area contributed by atoms with Crippen LogP contribution in [0.2, 0.25) is 0 Å². The Kier molecular flexibility index (Phi) is 3.23. The summed E-state index contributed by atoms with van der Waals surface area (Å²) in [5.41, 5.74) is 1.70. The lowest BCUT2D eigenvalue weighted by molar-refractivity contribution is 0.623. The monoisotopic (exact) mass is 286 g/mol. The third-order valence-electron chi connectivity index (χ3n) is 3.04. The lowest BCUT2D eigenvalue weighted by Gasteiger charge is -2.04. The van der Waals surface area contributed by atoms with Crippen LogP contribution in [-0.2, 0) is 16.4 Å². The summed E-state index contributed by atoms with van der Waals surface area (Å²) in [6.07, 6.45) is 1.64. The molecule has 0 aliphatic heterocycles. The van der Waals surface area contributed by atoms with Crippen LogP contribution in [0.25, 0.3) is 11.0 Å². The predicted molar refractivity (Wildman–Crippen MR) is 78.7 cm³/mol. The number of hydrogen-bond donors (Lipinski definition) is 0. The fourth-order valence-corrected chi connectivity index (χ4v) is 3.08. The second-order valence-electron chi connectivity index (χ2n) is 4.46. The van der Waals surface area contributed by atoms with Gasteiger partial charge in [-0.1, -0.05) is 35.5 Å². The van der Waals surface area contributed by atoms with Crippen molar-refractivity contribution in [2.24, 2.45) is 4.36 Å². The molecule has 1 atom stereocenters. The molecule has 0 aliphatic carbocycles. The largest absolute Gasteiger partial charge is 0.245 e. The average Bonchev–Trinajstić information content (AvgIpc) is 2.89. The van der Waals surface area contributed by atoms with Gasteiger partial charge >= 0.3 is 0 Å². The maximum absolute atomic E-state index is 12.6. The van der Waals surface area contributed by atoms with Gasteiger partial charge in [-0.25, -0.2) is 13.3 Å². The lowest BCUT2D eigenvalue weighted by atomic mass is 10.3. The molecule has 0 fully saturated rings. The van der Waals surface area contributed by atoms with Crippen LogP contribution in [0.1, 0.15) is 0 Å². The Labute approximate surface area is 117 Å². The highest BCUT2D eigenvalue weighted by Crippen LogP contribution is 2.13. The van der Waals surface area contributed by atoms with Gasteiger partial charge in [0.25, 0.3) is 0 Å². The van der Waals surface area contributed by atoms with Crippen LogP contribution in [-0.4, -0.2) is 25.5 Å². The molecule has 1 aromatic heterocycles. The minimum atomic E-state index is -2.42. The first-order valence-electron chi connectivity index (χ1n) is 6.18. The highest BCUT2D eigenvalue weighted by Gasteiger charge is 2.06. The molecule has 102 valence electrons. The lowest BCUT2D eigenvalue weighted by Crippen LogP contribution is -2.03. The molecule has 1 heterocycles. The Morgan fingerprint density at radius 2 is 1.80 bits per heavy atom. The van der Waals surface area contributed by atoms with Gasteiger partial charge in [-0.3, -0.25) is 0 Å². The SMILES string of the molecule is CS(=O)(=NCn1nnc2ccccc21)c1ccccc1. The molecule has 3 aromatic rings. The number of fused-ring (bicyclic) bond motifs is 1. The molecule has 5 nitrogen and oxygen atoms in total. The number of nitrogens with zero attached hydrogens (tertiary/aromatic N) is 4. The summed E-state index contributed by atoms with van der Waals surface area (Å²) in [7, 11) is -2.42. The van der Waals surface area contributed by atoms with Crippen molar-refractivity contribution in [1.29, 1.82) is 0 Å². The molecule has 0 spiro atoms. The van der Waals surface area contributed by atoms with E-state index in [9.17, 15) is 4.21 Å². The first kappa shape index (κ1) is 12.8. The van der Waals surface area contributed by atoms with Gasteiger partial charge < -0.3 is 0 Å². The summed E-state index contributed by atoms with van der Waals surface area (Å²) in [5, 5.41) is 8.09. The summed E-state index contributed by atoms with van der Waals surface area (Å²) in [4.78, 5) is 0.726. The molecule has 0 amide bonds. The maximum Gasteiger partial charge on any atom is 0.143 e. The van der Waals surface area contributed by atoms with Crippen molar-refractivity contribution in [2.75, 3.05) is 6.26 Å². The van der Waals surface area contributed by atoms with Crippen LogP contribution in [0.3, 0.4) is 0 Å². The van der Waals surface area contributed by atoms with Gasteiger partial charge in [0.05, 0.1) is 15.2 Å².